The minimum absolute atomic E-state index is 0.171. The van der Waals surface area contributed by atoms with Crippen molar-refractivity contribution in [3.63, 3.8) is 0 Å². The van der Waals surface area contributed by atoms with E-state index in [4.69, 9.17) is 19.6 Å². The SMILES string of the molecule is COc1ccc(-c2ccc(-c3nc(N)n[nH]3)o2)c(OC)c1. The van der Waals surface area contributed by atoms with Crippen LogP contribution < -0.4 is 15.2 Å². The lowest BCUT2D eigenvalue weighted by atomic mass is 10.1. The normalized spacial score (nSPS) is 10.6. The van der Waals surface area contributed by atoms with Gasteiger partial charge in [-0.05, 0) is 24.3 Å². The predicted octanol–water partition coefficient (Wildman–Crippen LogP) is 2.33. The molecule has 0 amide bonds. The minimum atomic E-state index is 0.171. The smallest absolute Gasteiger partial charge is 0.239 e. The van der Waals surface area contributed by atoms with Crippen molar-refractivity contribution in [1.82, 2.24) is 15.2 Å². The molecule has 108 valence electrons. The molecule has 0 saturated heterocycles. The van der Waals surface area contributed by atoms with Gasteiger partial charge in [0.15, 0.2) is 11.6 Å². The molecule has 7 nitrogen and oxygen atoms in total. The lowest BCUT2D eigenvalue weighted by molar-refractivity contribution is 0.394. The molecule has 3 N–H and O–H groups in total. The summed E-state index contributed by atoms with van der Waals surface area (Å²) in [6, 6.07) is 9.13. The predicted molar refractivity (Wildman–Crippen MR) is 77.0 cm³/mol. The van der Waals surface area contributed by atoms with Crippen molar-refractivity contribution in [2.24, 2.45) is 0 Å². The van der Waals surface area contributed by atoms with Crippen LogP contribution in [0.25, 0.3) is 22.9 Å². The maximum absolute atomic E-state index is 5.77. The number of methoxy groups -OCH3 is 2. The first-order chi connectivity index (χ1) is 10.2. The van der Waals surface area contributed by atoms with Crippen LogP contribution in [0.2, 0.25) is 0 Å². The Labute approximate surface area is 120 Å². The van der Waals surface area contributed by atoms with Crippen LogP contribution in [0.1, 0.15) is 0 Å². The maximum atomic E-state index is 5.77. The Kier molecular flexibility index (Phi) is 3.23. The van der Waals surface area contributed by atoms with Crippen molar-refractivity contribution < 1.29 is 13.9 Å². The number of anilines is 1. The van der Waals surface area contributed by atoms with Crippen LogP contribution in [-0.4, -0.2) is 29.4 Å². The van der Waals surface area contributed by atoms with Gasteiger partial charge in [0.2, 0.25) is 5.95 Å². The number of ether oxygens (including phenoxy) is 2. The molecular formula is C14H14N4O3. The molecule has 0 spiro atoms. The van der Waals surface area contributed by atoms with E-state index >= 15 is 0 Å². The number of furan rings is 1. The van der Waals surface area contributed by atoms with E-state index in [2.05, 4.69) is 15.2 Å². The van der Waals surface area contributed by atoms with Crippen molar-refractivity contribution in [1.29, 1.82) is 0 Å². The fraction of sp³-hybridized carbons (Fsp3) is 0.143. The molecule has 0 atom stereocenters. The van der Waals surface area contributed by atoms with Gasteiger partial charge >= 0.3 is 0 Å². The third-order valence-electron chi connectivity index (χ3n) is 3.02. The van der Waals surface area contributed by atoms with Crippen molar-refractivity contribution in [3.8, 4) is 34.4 Å². The van der Waals surface area contributed by atoms with Gasteiger partial charge in [-0.25, -0.2) is 0 Å². The standard InChI is InChI=1S/C14H14N4O3/c1-19-8-3-4-9(12(7-8)20-2)10-5-6-11(21-10)13-16-14(15)18-17-13/h3-7H,1-2H3,(H3,15,16,17,18). The van der Waals surface area contributed by atoms with Crippen LogP contribution in [0.3, 0.4) is 0 Å². The monoisotopic (exact) mass is 286 g/mol. The molecule has 0 unspecified atom stereocenters. The van der Waals surface area contributed by atoms with Gasteiger partial charge in [-0.3, -0.25) is 5.10 Å². The Bertz CT molecular complexity index is 763. The van der Waals surface area contributed by atoms with Gasteiger partial charge in [0, 0.05) is 6.07 Å². The highest BCUT2D eigenvalue weighted by molar-refractivity contribution is 5.69. The fourth-order valence-electron chi connectivity index (χ4n) is 2.00. The number of rotatable bonds is 4. The molecule has 0 aliphatic rings. The van der Waals surface area contributed by atoms with Gasteiger partial charge in [0.25, 0.3) is 0 Å². The molecule has 7 heteroatoms. The summed E-state index contributed by atoms with van der Waals surface area (Å²) in [4.78, 5) is 4.02. The van der Waals surface area contributed by atoms with E-state index in [9.17, 15) is 0 Å². The molecule has 0 fully saturated rings. The zero-order valence-corrected chi connectivity index (χ0v) is 11.6. The van der Waals surface area contributed by atoms with Crippen molar-refractivity contribution in [3.05, 3.63) is 30.3 Å². The Morgan fingerprint density at radius 3 is 2.57 bits per heavy atom. The molecule has 1 aromatic carbocycles. The molecule has 21 heavy (non-hydrogen) atoms. The number of hydrogen-bond acceptors (Lipinski definition) is 6. The number of H-pyrrole nitrogens is 1. The van der Waals surface area contributed by atoms with Gasteiger partial charge in [-0.1, -0.05) is 0 Å². The average Bonchev–Trinajstić information content (AvgIpc) is 3.15. The highest BCUT2D eigenvalue weighted by Crippen LogP contribution is 2.35. The van der Waals surface area contributed by atoms with Crippen molar-refractivity contribution in [2.45, 2.75) is 0 Å². The summed E-state index contributed by atoms with van der Waals surface area (Å²) < 4.78 is 16.3. The van der Waals surface area contributed by atoms with Gasteiger partial charge < -0.3 is 19.6 Å². The third-order valence-corrected chi connectivity index (χ3v) is 3.02. The van der Waals surface area contributed by atoms with E-state index in [1.807, 2.05) is 18.2 Å². The molecule has 0 aliphatic heterocycles. The van der Waals surface area contributed by atoms with E-state index in [0.29, 0.717) is 28.8 Å². The van der Waals surface area contributed by atoms with Crippen LogP contribution in [0.15, 0.2) is 34.7 Å². The third kappa shape index (κ3) is 2.40. The number of aromatic amines is 1. The second-order valence-electron chi connectivity index (χ2n) is 4.27. The first-order valence-electron chi connectivity index (χ1n) is 6.21. The highest BCUT2D eigenvalue weighted by Gasteiger charge is 2.14. The van der Waals surface area contributed by atoms with Crippen LogP contribution in [-0.2, 0) is 0 Å². The number of nitrogens with one attached hydrogen (secondary N) is 1. The minimum Gasteiger partial charge on any atom is -0.497 e. The van der Waals surface area contributed by atoms with Crippen molar-refractivity contribution in [2.75, 3.05) is 20.0 Å². The fourth-order valence-corrected chi connectivity index (χ4v) is 2.00. The quantitative estimate of drug-likeness (QED) is 0.763. The summed E-state index contributed by atoms with van der Waals surface area (Å²) in [6.45, 7) is 0. The van der Waals surface area contributed by atoms with Crippen LogP contribution >= 0.6 is 0 Å². The highest BCUT2D eigenvalue weighted by atomic mass is 16.5. The Morgan fingerprint density at radius 1 is 1.10 bits per heavy atom. The number of benzene rings is 1. The van der Waals surface area contributed by atoms with Crippen LogP contribution in [0, 0.1) is 0 Å². The van der Waals surface area contributed by atoms with Gasteiger partial charge in [0.1, 0.15) is 17.3 Å². The van der Waals surface area contributed by atoms with E-state index in [0.717, 1.165) is 5.56 Å². The first-order valence-corrected chi connectivity index (χ1v) is 6.21. The molecule has 0 bridgehead atoms. The van der Waals surface area contributed by atoms with E-state index in [1.54, 1.807) is 26.4 Å². The van der Waals surface area contributed by atoms with E-state index in [-0.39, 0.29) is 5.95 Å². The van der Waals surface area contributed by atoms with Crippen LogP contribution in [0.4, 0.5) is 5.95 Å². The molecule has 0 aliphatic carbocycles. The lowest BCUT2D eigenvalue weighted by Gasteiger charge is -2.08. The largest absolute Gasteiger partial charge is 0.497 e. The summed E-state index contributed by atoms with van der Waals surface area (Å²) in [5.74, 6) is 3.22. The number of nitrogens with two attached hydrogens (primary N) is 1. The summed E-state index contributed by atoms with van der Waals surface area (Å²) in [5.41, 5.74) is 6.30. The van der Waals surface area contributed by atoms with Crippen molar-refractivity contribution >= 4 is 5.95 Å². The topological polar surface area (TPSA) is 99.2 Å². The number of nitrogen functional groups attached to an aromatic ring is 1. The second-order valence-corrected chi connectivity index (χ2v) is 4.27. The summed E-state index contributed by atoms with van der Waals surface area (Å²) >= 11 is 0. The van der Waals surface area contributed by atoms with Crippen LogP contribution in [0.5, 0.6) is 11.5 Å². The number of aromatic nitrogens is 3. The summed E-state index contributed by atoms with van der Waals surface area (Å²) in [6.07, 6.45) is 0. The van der Waals surface area contributed by atoms with E-state index in [1.165, 1.54) is 0 Å². The van der Waals surface area contributed by atoms with E-state index < -0.39 is 0 Å². The van der Waals surface area contributed by atoms with Gasteiger partial charge in [0.05, 0.1) is 19.8 Å². The molecule has 3 aromatic rings. The van der Waals surface area contributed by atoms with Gasteiger partial charge in [-0.2, -0.15) is 4.98 Å². The van der Waals surface area contributed by atoms with Gasteiger partial charge in [-0.15, -0.1) is 5.10 Å². The lowest BCUT2D eigenvalue weighted by Crippen LogP contribution is -1.89. The Balaban J connectivity index is 2.00. The molecule has 2 heterocycles. The molecule has 0 saturated carbocycles. The molecule has 0 radical (unpaired) electrons. The Morgan fingerprint density at radius 2 is 1.90 bits per heavy atom. The second kappa shape index (κ2) is 5.20. The maximum Gasteiger partial charge on any atom is 0.239 e. The average molecular weight is 286 g/mol. The summed E-state index contributed by atoms with van der Waals surface area (Å²) in [5, 5.41) is 6.47. The molecule has 3 rings (SSSR count). The number of nitrogens with zero attached hydrogens (tertiary/aromatic N) is 2. The molecular weight excluding hydrogens is 272 g/mol. The molecule has 2 aromatic heterocycles. The Hall–Kier alpha value is -2.96. The first kappa shape index (κ1) is 13.0. The zero-order chi connectivity index (χ0) is 14.8. The zero-order valence-electron chi connectivity index (χ0n) is 11.6. The summed E-state index contributed by atoms with van der Waals surface area (Å²) in [7, 11) is 3.20. The number of hydrogen-bond donors (Lipinski definition) is 2.